The number of amides is 1. The van der Waals surface area contributed by atoms with Gasteiger partial charge in [0, 0.05) is 12.5 Å². The van der Waals surface area contributed by atoms with Crippen LogP contribution < -0.4 is 11.1 Å². The summed E-state index contributed by atoms with van der Waals surface area (Å²) in [6.07, 6.45) is 2.73. The zero-order chi connectivity index (χ0) is 9.56. The summed E-state index contributed by atoms with van der Waals surface area (Å²) in [6, 6.07) is 0.238. The third-order valence-electron chi connectivity index (χ3n) is 2.22. The number of nitrogens with two attached hydrogens (primary N) is 1. The molecule has 0 aliphatic heterocycles. The molecule has 0 fully saturated rings. The Kier molecular flexibility index (Phi) is 5.72. The van der Waals surface area contributed by atoms with E-state index in [2.05, 4.69) is 19.2 Å². The van der Waals surface area contributed by atoms with Crippen LogP contribution in [0.4, 0.5) is 0 Å². The highest BCUT2D eigenvalue weighted by molar-refractivity contribution is 5.74. The minimum Gasteiger partial charge on any atom is -0.370 e. The van der Waals surface area contributed by atoms with E-state index in [0.29, 0.717) is 12.3 Å². The average molecular weight is 172 g/mol. The minimum atomic E-state index is -0.225. The third kappa shape index (κ3) is 4.34. The van der Waals surface area contributed by atoms with E-state index < -0.39 is 0 Å². The molecule has 1 amide bonds. The van der Waals surface area contributed by atoms with Crippen LogP contribution in [0, 0.1) is 5.92 Å². The SMILES string of the molecule is CCCC(C)C(CC(N)=O)NC. The van der Waals surface area contributed by atoms with E-state index >= 15 is 0 Å². The van der Waals surface area contributed by atoms with Gasteiger partial charge in [-0.3, -0.25) is 4.79 Å². The van der Waals surface area contributed by atoms with E-state index in [1.165, 1.54) is 0 Å². The number of primary amides is 1. The van der Waals surface area contributed by atoms with Gasteiger partial charge in [0.25, 0.3) is 0 Å². The Morgan fingerprint density at radius 3 is 2.50 bits per heavy atom. The van der Waals surface area contributed by atoms with Gasteiger partial charge in [-0.05, 0) is 19.4 Å². The van der Waals surface area contributed by atoms with E-state index in [1.54, 1.807) is 0 Å². The van der Waals surface area contributed by atoms with E-state index in [-0.39, 0.29) is 11.9 Å². The van der Waals surface area contributed by atoms with Gasteiger partial charge in [-0.1, -0.05) is 20.3 Å². The standard InChI is InChI=1S/C9H20N2O/c1-4-5-7(2)8(11-3)6-9(10)12/h7-8,11H,4-6H2,1-3H3,(H2,10,12). The van der Waals surface area contributed by atoms with Gasteiger partial charge < -0.3 is 11.1 Å². The lowest BCUT2D eigenvalue weighted by Crippen LogP contribution is -2.36. The van der Waals surface area contributed by atoms with Gasteiger partial charge >= 0.3 is 0 Å². The van der Waals surface area contributed by atoms with Crippen molar-refractivity contribution < 1.29 is 4.79 Å². The number of hydrogen-bond acceptors (Lipinski definition) is 2. The van der Waals surface area contributed by atoms with Crippen LogP contribution in [0.5, 0.6) is 0 Å². The summed E-state index contributed by atoms with van der Waals surface area (Å²) in [5.74, 6) is 0.296. The maximum Gasteiger partial charge on any atom is 0.218 e. The molecule has 0 bridgehead atoms. The number of rotatable bonds is 6. The Labute approximate surface area is 74.7 Å². The molecule has 2 unspecified atom stereocenters. The molecule has 0 rings (SSSR count). The van der Waals surface area contributed by atoms with Gasteiger partial charge in [-0.25, -0.2) is 0 Å². The summed E-state index contributed by atoms with van der Waals surface area (Å²) in [6.45, 7) is 4.29. The second kappa shape index (κ2) is 6.00. The molecule has 0 saturated carbocycles. The molecule has 0 aliphatic rings. The normalized spacial score (nSPS) is 15.6. The summed E-state index contributed by atoms with van der Waals surface area (Å²) in [5, 5.41) is 3.12. The monoisotopic (exact) mass is 172 g/mol. The number of carbonyl (C=O) groups excluding carboxylic acids is 1. The smallest absolute Gasteiger partial charge is 0.218 e. The molecular weight excluding hydrogens is 152 g/mol. The maximum absolute atomic E-state index is 10.7. The molecule has 0 aromatic heterocycles. The molecule has 0 saturated heterocycles. The summed E-state index contributed by atoms with van der Waals surface area (Å²) in [7, 11) is 1.87. The van der Waals surface area contributed by atoms with Crippen LogP contribution >= 0.6 is 0 Å². The topological polar surface area (TPSA) is 55.1 Å². The summed E-state index contributed by atoms with van der Waals surface area (Å²) in [4.78, 5) is 10.7. The summed E-state index contributed by atoms with van der Waals surface area (Å²) < 4.78 is 0. The molecular formula is C9H20N2O. The van der Waals surface area contributed by atoms with Crippen molar-refractivity contribution in [2.24, 2.45) is 11.7 Å². The first-order chi connectivity index (χ1) is 5.61. The van der Waals surface area contributed by atoms with Crippen LogP contribution in [-0.2, 0) is 4.79 Å². The Morgan fingerprint density at radius 1 is 1.58 bits per heavy atom. The van der Waals surface area contributed by atoms with E-state index in [1.807, 2.05) is 7.05 Å². The molecule has 0 heterocycles. The maximum atomic E-state index is 10.7. The molecule has 72 valence electrons. The number of carbonyl (C=O) groups is 1. The molecule has 2 atom stereocenters. The van der Waals surface area contributed by atoms with Crippen LogP contribution in [0.2, 0.25) is 0 Å². The molecule has 0 spiro atoms. The van der Waals surface area contributed by atoms with Crippen LogP contribution in [0.3, 0.4) is 0 Å². The molecule has 0 radical (unpaired) electrons. The fraction of sp³-hybridized carbons (Fsp3) is 0.889. The highest BCUT2D eigenvalue weighted by Gasteiger charge is 2.16. The van der Waals surface area contributed by atoms with Gasteiger partial charge in [-0.2, -0.15) is 0 Å². The molecule has 0 aromatic rings. The summed E-state index contributed by atoms with van der Waals surface area (Å²) in [5.41, 5.74) is 5.12. The Balaban J connectivity index is 3.86. The molecule has 12 heavy (non-hydrogen) atoms. The first-order valence-electron chi connectivity index (χ1n) is 4.57. The van der Waals surface area contributed by atoms with E-state index in [4.69, 9.17) is 5.73 Å². The predicted molar refractivity (Wildman–Crippen MR) is 50.7 cm³/mol. The zero-order valence-electron chi connectivity index (χ0n) is 8.26. The van der Waals surface area contributed by atoms with Crippen molar-refractivity contribution in [2.45, 2.75) is 39.2 Å². The first kappa shape index (κ1) is 11.4. The van der Waals surface area contributed by atoms with Crippen molar-refractivity contribution in [3.8, 4) is 0 Å². The highest BCUT2D eigenvalue weighted by atomic mass is 16.1. The first-order valence-corrected chi connectivity index (χ1v) is 4.57. The van der Waals surface area contributed by atoms with Crippen LogP contribution in [0.1, 0.15) is 33.1 Å². The van der Waals surface area contributed by atoms with Gasteiger partial charge in [0.1, 0.15) is 0 Å². The predicted octanol–water partition coefficient (Wildman–Crippen LogP) is 0.886. The second-order valence-corrected chi connectivity index (χ2v) is 3.33. The Morgan fingerprint density at radius 2 is 2.17 bits per heavy atom. The zero-order valence-corrected chi connectivity index (χ0v) is 8.26. The fourth-order valence-electron chi connectivity index (χ4n) is 1.46. The van der Waals surface area contributed by atoms with Gasteiger partial charge in [0.2, 0.25) is 5.91 Å². The van der Waals surface area contributed by atoms with E-state index in [0.717, 1.165) is 12.8 Å². The van der Waals surface area contributed by atoms with Crippen molar-refractivity contribution >= 4 is 5.91 Å². The number of hydrogen-bond donors (Lipinski definition) is 2. The third-order valence-corrected chi connectivity index (χ3v) is 2.22. The quantitative estimate of drug-likeness (QED) is 0.625. The lowest BCUT2D eigenvalue weighted by molar-refractivity contribution is -0.118. The molecule has 3 heteroatoms. The number of nitrogens with one attached hydrogen (secondary N) is 1. The van der Waals surface area contributed by atoms with Gasteiger partial charge in [-0.15, -0.1) is 0 Å². The minimum absolute atomic E-state index is 0.225. The van der Waals surface area contributed by atoms with Gasteiger partial charge in [0.05, 0.1) is 0 Å². The van der Waals surface area contributed by atoms with Crippen LogP contribution in [0.25, 0.3) is 0 Å². The average Bonchev–Trinajstić information content (AvgIpc) is 2.00. The summed E-state index contributed by atoms with van der Waals surface area (Å²) >= 11 is 0. The largest absolute Gasteiger partial charge is 0.370 e. The molecule has 3 N–H and O–H groups in total. The lowest BCUT2D eigenvalue weighted by Gasteiger charge is -2.21. The van der Waals surface area contributed by atoms with Crippen molar-refractivity contribution in [1.29, 1.82) is 0 Å². The highest BCUT2D eigenvalue weighted by Crippen LogP contribution is 2.12. The Hall–Kier alpha value is -0.570. The molecule has 3 nitrogen and oxygen atoms in total. The molecule has 0 aliphatic carbocycles. The second-order valence-electron chi connectivity index (χ2n) is 3.33. The van der Waals surface area contributed by atoms with Crippen molar-refractivity contribution in [2.75, 3.05) is 7.05 Å². The van der Waals surface area contributed by atoms with Gasteiger partial charge in [0.15, 0.2) is 0 Å². The molecule has 0 aromatic carbocycles. The Bertz CT molecular complexity index is 136. The van der Waals surface area contributed by atoms with Crippen LogP contribution in [0.15, 0.2) is 0 Å². The van der Waals surface area contributed by atoms with Crippen molar-refractivity contribution in [3.63, 3.8) is 0 Å². The fourth-order valence-corrected chi connectivity index (χ4v) is 1.46. The van der Waals surface area contributed by atoms with Crippen molar-refractivity contribution in [3.05, 3.63) is 0 Å². The van der Waals surface area contributed by atoms with Crippen molar-refractivity contribution in [1.82, 2.24) is 5.32 Å². The van der Waals surface area contributed by atoms with Crippen LogP contribution in [-0.4, -0.2) is 19.0 Å². The van der Waals surface area contributed by atoms with E-state index in [9.17, 15) is 4.79 Å². The lowest BCUT2D eigenvalue weighted by atomic mass is 9.94.